The van der Waals surface area contributed by atoms with Crippen LogP contribution in [0.25, 0.3) is 0 Å². The molecule has 0 aromatic carbocycles. The number of anilines is 1. The molecule has 3 heterocycles. The summed E-state index contributed by atoms with van der Waals surface area (Å²) in [5.74, 6) is -0.197. The van der Waals surface area contributed by atoms with Crippen LogP contribution in [0.2, 0.25) is 0 Å². The first-order valence-electron chi connectivity index (χ1n) is 8.25. The number of aromatic nitrogens is 2. The number of halogens is 3. The molecule has 0 spiro atoms. The maximum atomic E-state index is 12.9. The zero-order chi connectivity index (χ0) is 18.9. The molecule has 2 aliphatic rings. The van der Waals surface area contributed by atoms with Crippen molar-refractivity contribution in [2.75, 3.05) is 37.6 Å². The average molecular weight is 372 g/mol. The third-order valence-electron chi connectivity index (χ3n) is 4.33. The number of hydrogen-bond donors (Lipinski definition) is 2. The van der Waals surface area contributed by atoms with Crippen LogP contribution in [0.15, 0.2) is 6.07 Å². The minimum Gasteiger partial charge on any atom is -0.354 e. The van der Waals surface area contributed by atoms with E-state index in [2.05, 4.69) is 20.6 Å². The smallest absolute Gasteiger partial charge is 0.354 e. The highest BCUT2D eigenvalue weighted by Gasteiger charge is 2.34. The predicted octanol–water partition coefficient (Wildman–Crippen LogP) is 0.524. The SMILES string of the molecule is Cc1cc(C(F)(F)F)nc(N2CCN(C(=O)N[C@H]3CCNC3=O)CC2)n1. The highest BCUT2D eigenvalue weighted by molar-refractivity contribution is 5.88. The molecule has 0 unspecified atom stereocenters. The second kappa shape index (κ2) is 6.96. The molecule has 2 aliphatic heterocycles. The summed E-state index contributed by atoms with van der Waals surface area (Å²) in [4.78, 5) is 34.6. The lowest BCUT2D eigenvalue weighted by atomic mass is 10.2. The minimum atomic E-state index is -4.54. The number of carbonyl (C=O) groups excluding carboxylic acids is 2. The van der Waals surface area contributed by atoms with Gasteiger partial charge in [-0.2, -0.15) is 13.2 Å². The molecule has 0 aliphatic carbocycles. The Kier molecular flexibility index (Phi) is 4.88. The summed E-state index contributed by atoms with van der Waals surface area (Å²) in [5.41, 5.74) is -0.748. The van der Waals surface area contributed by atoms with Crippen LogP contribution in [0.5, 0.6) is 0 Å². The van der Waals surface area contributed by atoms with Crippen molar-refractivity contribution >= 4 is 17.9 Å². The van der Waals surface area contributed by atoms with Crippen LogP contribution in [0.3, 0.4) is 0 Å². The topological polar surface area (TPSA) is 90.5 Å². The third kappa shape index (κ3) is 3.97. The molecule has 0 saturated carbocycles. The molecule has 0 radical (unpaired) electrons. The third-order valence-corrected chi connectivity index (χ3v) is 4.33. The number of rotatable bonds is 2. The summed E-state index contributed by atoms with van der Waals surface area (Å²) in [6.45, 7) is 3.24. The zero-order valence-electron chi connectivity index (χ0n) is 14.1. The number of urea groups is 1. The van der Waals surface area contributed by atoms with E-state index >= 15 is 0 Å². The van der Waals surface area contributed by atoms with E-state index in [1.165, 1.54) is 11.8 Å². The van der Waals surface area contributed by atoms with E-state index in [1.807, 2.05) is 0 Å². The van der Waals surface area contributed by atoms with E-state index < -0.39 is 17.9 Å². The molecule has 142 valence electrons. The average Bonchev–Trinajstić information content (AvgIpc) is 2.98. The van der Waals surface area contributed by atoms with Crippen molar-refractivity contribution in [2.45, 2.75) is 25.6 Å². The van der Waals surface area contributed by atoms with Crippen LogP contribution in [0.4, 0.5) is 23.9 Å². The van der Waals surface area contributed by atoms with Gasteiger partial charge in [-0.1, -0.05) is 0 Å². The molecule has 8 nitrogen and oxygen atoms in total. The van der Waals surface area contributed by atoms with Gasteiger partial charge in [0.2, 0.25) is 11.9 Å². The Labute approximate surface area is 147 Å². The number of alkyl halides is 3. The number of nitrogens with zero attached hydrogens (tertiary/aromatic N) is 4. The van der Waals surface area contributed by atoms with Gasteiger partial charge in [-0.15, -0.1) is 0 Å². The monoisotopic (exact) mass is 372 g/mol. The fourth-order valence-corrected chi connectivity index (χ4v) is 2.92. The van der Waals surface area contributed by atoms with Crippen molar-refractivity contribution in [3.8, 4) is 0 Å². The quantitative estimate of drug-likeness (QED) is 0.790. The van der Waals surface area contributed by atoms with Crippen molar-refractivity contribution < 1.29 is 22.8 Å². The van der Waals surface area contributed by atoms with Gasteiger partial charge in [0.05, 0.1) is 0 Å². The van der Waals surface area contributed by atoms with E-state index in [-0.39, 0.29) is 23.6 Å². The first-order valence-corrected chi connectivity index (χ1v) is 8.25. The van der Waals surface area contributed by atoms with Crippen LogP contribution in [0.1, 0.15) is 17.8 Å². The standard InChI is InChI=1S/C15H19F3N6O2/c1-9-8-11(15(16,17)18)22-13(20-9)23-4-6-24(7-5-23)14(26)21-10-2-3-19-12(10)25/h8,10H,2-7H2,1H3,(H,19,25)(H,21,26)/t10-/m0/s1. The van der Waals surface area contributed by atoms with Crippen LogP contribution >= 0.6 is 0 Å². The Morgan fingerprint density at radius 1 is 1.27 bits per heavy atom. The Bertz CT molecular complexity index is 703. The fourth-order valence-electron chi connectivity index (χ4n) is 2.92. The maximum absolute atomic E-state index is 12.9. The van der Waals surface area contributed by atoms with E-state index in [0.29, 0.717) is 39.1 Å². The Hall–Kier alpha value is -2.59. The highest BCUT2D eigenvalue weighted by atomic mass is 19.4. The van der Waals surface area contributed by atoms with Gasteiger partial charge in [-0.3, -0.25) is 4.79 Å². The molecule has 11 heteroatoms. The van der Waals surface area contributed by atoms with E-state index in [1.54, 1.807) is 4.90 Å². The second-order valence-electron chi connectivity index (χ2n) is 6.25. The molecule has 1 aromatic heterocycles. The molecule has 2 N–H and O–H groups in total. The molecule has 26 heavy (non-hydrogen) atoms. The van der Waals surface area contributed by atoms with Gasteiger partial charge in [0.1, 0.15) is 11.7 Å². The Balaban J connectivity index is 1.61. The number of hydrogen-bond acceptors (Lipinski definition) is 5. The Morgan fingerprint density at radius 3 is 2.54 bits per heavy atom. The van der Waals surface area contributed by atoms with Crippen LogP contribution in [0, 0.1) is 6.92 Å². The number of piperazine rings is 1. The van der Waals surface area contributed by atoms with Crippen molar-refractivity contribution in [3.63, 3.8) is 0 Å². The molecule has 2 fully saturated rings. The summed E-state index contributed by atoms with van der Waals surface area (Å²) in [7, 11) is 0. The van der Waals surface area contributed by atoms with Gasteiger partial charge >= 0.3 is 12.2 Å². The lowest BCUT2D eigenvalue weighted by molar-refractivity contribution is -0.141. The number of amides is 3. The van der Waals surface area contributed by atoms with E-state index in [0.717, 1.165) is 6.07 Å². The van der Waals surface area contributed by atoms with Gasteiger partial charge in [-0.05, 0) is 19.4 Å². The number of carbonyl (C=O) groups is 2. The molecular formula is C15H19F3N6O2. The van der Waals surface area contributed by atoms with Gasteiger partial charge in [0.25, 0.3) is 0 Å². The fraction of sp³-hybridized carbons (Fsp3) is 0.600. The molecule has 3 amide bonds. The maximum Gasteiger partial charge on any atom is 0.433 e. The molecule has 0 bridgehead atoms. The largest absolute Gasteiger partial charge is 0.433 e. The van der Waals surface area contributed by atoms with Gasteiger partial charge in [0.15, 0.2) is 0 Å². The van der Waals surface area contributed by atoms with Crippen molar-refractivity contribution in [2.24, 2.45) is 0 Å². The van der Waals surface area contributed by atoms with Gasteiger partial charge in [-0.25, -0.2) is 14.8 Å². The first-order chi connectivity index (χ1) is 12.2. The molecular weight excluding hydrogens is 353 g/mol. The lowest BCUT2D eigenvalue weighted by Gasteiger charge is -2.35. The van der Waals surface area contributed by atoms with E-state index in [4.69, 9.17) is 0 Å². The van der Waals surface area contributed by atoms with Crippen molar-refractivity contribution in [1.82, 2.24) is 25.5 Å². The number of aryl methyl sites for hydroxylation is 1. The molecule has 3 rings (SSSR count). The highest BCUT2D eigenvalue weighted by Crippen LogP contribution is 2.29. The summed E-state index contributed by atoms with van der Waals surface area (Å²) >= 11 is 0. The Morgan fingerprint density at radius 2 is 1.96 bits per heavy atom. The van der Waals surface area contributed by atoms with Gasteiger partial charge < -0.3 is 20.4 Å². The van der Waals surface area contributed by atoms with E-state index in [9.17, 15) is 22.8 Å². The molecule has 2 saturated heterocycles. The molecule has 1 atom stereocenters. The van der Waals surface area contributed by atoms with Crippen LogP contribution in [-0.2, 0) is 11.0 Å². The summed E-state index contributed by atoms with van der Waals surface area (Å²) in [5, 5.41) is 5.31. The van der Waals surface area contributed by atoms with Crippen LogP contribution in [-0.4, -0.2) is 65.6 Å². The van der Waals surface area contributed by atoms with Crippen LogP contribution < -0.4 is 15.5 Å². The predicted molar refractivity (Wildman–Crippen MR) is 85.5 cm³/mol. The summed E-state index contributed by atoms with van der Waals surface area (Å²) in [6.07, 6.45) is -3.99. The summed E-state index contributed by atoms with van der Waals surface area (Å²) < 4.78 is 38.7. The lowest BCUT2D eigenvalue weighted by Crippen LogP contribution is -2.54. The second-order valence-corrected chi connectivity index (χ2v) is 6.25. The van der Waals surface area contributed by atoms with Gasteiger partial charge in [0, 0.05) is 38.4 Å². The zero-order valence-corrected chi connectivity index (χ0v) is 14.1. The first kappa shape index (κ1) is 18.2. The summed E-state index contributed by atoms with van der Waals surface area (Å²) in [6, 6.07) is 0.0163. The minimum absolute atomic E-state index is 0.00699. The molecule has 1 aromatic rings. The van der Waals surface area contributed by atoms with Crippen molar-refractivity contribution in [3.05, 3.63) is 17.5 Å². The van der Waals surface area contributed by atoms with Crippen molar-refractivity contribution in [1.29, 1.82) is 0 Å². The normalized spacial score (nSPS) is 20.9. The number of nitrogens with one attached hydrogen (secondary N) is 2.